The summed E-state index contributed by atoms with van der Waals surface area (Å²) in [7, 11) is 3.02. The zero-order chi connectivity index (χ0) is 27.4. The van der Waals surface area contributed by atoms with Gasteiger partial charge < -0.3 is 14.2 Å². The van der Waals surface area contributed by atoms with E-state index in [1.807, 2.05) is 0 Å². The fourth-order valence-electron chi connectivity index (χ4n) is 3.88. The number of pyridine rings is 1. The first-order chi connectivity index (χ1) is 18.2. The first-order valence-corrected chi connectivity index (χ1v) is 11.7. The highest BCUT2D eigenvalue weighted by atomic mass is 32.1. The van der Waals surface area contributed by atoms with Crippen molar-refractivity contribution in [2.45, 2.75) is 19.3 Å². The van der Waals surface area contributed by atoms with Crippen molar-refractivity contribution < 1.29 is 36.6 Å². The molecule has 0 aliphatic heterocycles. The Balaban J connectivity index is 1.45. The Kier molecular flexibility index (Phi) is 8.21. The summed E-state index contributed by atoms with van der Waals surface area (Å²) >= 11 is 5.21. The molecule has 4 aromatic rings. The molecular weight excluding hydrogens is 522 g/mol. The van der Waals surface area contributed by atoms with Crippen LogP contribution in [0.25, 0.3) is 10.9 Å². The number of Topliss-reactive ketones (excluding diaryl/α,β-unsaturated/α-hetero) is 1. The third-order valence-corrected chi connectivity index (χ3v) is 6.04. The highest BCUT2D eigenvalue weighted by Crippen LogP contribution is 2.37. The normalized spacial score (nSPS) is 10.9. The lowest BCUT2D eigenvalue weighted by atomic mass is 10.0. The number of carbonyl (C=O) groups is 1. The topological polar surface area (TPSA) is 57.7 Å². The standard InChI is InChI=1S/C28H21F4NO4S/c1-35-26-13-20-24(14-27(26)36-2)33-8-7-25(20)37-17-4-3-15(23(31)12-17)9-18(38)10-16(34)11-19-21(29)5-6-22(30)28(19)32/h3-8,12-14H,9-11H2,1-2H3. The van der Waals surface area contributed by atoms with Crippen LogP contribution in [0.15, 0.2) is 54.7 Å². The molecule has 0 aliphatic carbocycles. The van der Waals surface area contributed by atoms with Crippen LogP contribution < -0.4 is 14.2 Å². The van der Waals surface area contributed by atoms with Gasteiger partial charge in [0.2, 0.25) is 0 Å². The van der Waals surface area contributed by atoms with Crippen LogP contribution in [0.3, 0.4) is 0 Å². The number of rotatable bonds is 10. The number of thiocarbonyl (C=S) groups is 1. The van der Waals surface area contributed by atoms with E-state index < -0.39 is 41.0 Å². The number of hydrogen-bond acceptors (Lipinski definition) is 6. The van der Waals surface area contributed by atoms with Gasteiger partial charge in [0.1, 0.15) is 28.9 Å². The Labute approximate surface area is 221 Å². The minimum absolute atomic E-state index is 0.0590. The summed E-state index contributed by atoms with van der Waals surface area (Å²) in [5.41, 5.74) is 0.139. The minimum Gasteiger partial charge on any atom is -0.493 e. The monoisotopic (exact) mass is 543 g/mol. The average Bonchev–Trinajstić information content (AvgIpc) is 2.89. The second-order valence-corrected chi connectivity index (χ2v) is 8.90. The summed E-state index contributed by atoms with van der Waals surface area (Å²) < 4.78 is 72.4. The number of hydrogen-bond donors (Lipinski definition) is 0. The molecule has 4 rings (SSSR count). The van der Waals surface area contributed by atoms with Gasteiger partial charge in [-0.15, -0.1) is 0 Å². The molecule has 0 amide bonds. The zero-order valence-electron chi connectivity index (χ0n) is 20.3. The molecule has 0 aliphatic rings. The second-order valence-electron chi connectivity index (χ2n) is 8.32. The molecule has 0 bridgehead atoms. The molecule has 0 saturated heterocycles. The number of nitrogens with zero attached hydrogens (tertiary/aromatic N) is 1. The maximum atomic E-state index is 14.9. The van der Waals surface area contributed by atoms with Crippen molar-refractivity contribution in [1.82, 2.24) is 4.98 Å². The first kappa shape index (κ1) is 27.0. The van der Waals surface area contributed by atoms with Crippen LogP contribution >= 0.6 is 12.2 Å². The van der Waals surface area contributed by atoms with E-state index in [0.717, 1.165) is 6.07 Å². The number of methoxy groups -OCH3 is 2. The van der Waals surface area contributed by atoms with Gasteiger partial charge in [0, 0.05) is 53.4 Å². The Hall–Kier alpha value is -4.05. The van der Waals surface area contributed by atoms with Crippen molar-refractivity contribution in [2.24, 2.45) is 0 Å². The molecule has 0 radical (unpaired) electrons. The summed E-state index contributed by atoms with van der Waals surface area (Å²) in [5, 5.41) is 0.625. The highest BCUT2D eigenvalue weighted by molar-refractivity contribution is 7.80. The van der Waals surface area contributed by atoms with Gasteiger partial charge in [-0.2, -0.15) is 0 Å². The number of ketones is 1. The van der Waals surface area contributed by atoms with E-state index in [1.165, 1.54) is 26.4 Å². The molecule has 5 nitrogen and oxygen atoms in total. The van der Waals surface area contributed by atoms with Crippen LogP contribution in [0.2, 0.25) is 0 Å². The molecule has 1 heterocycles. The van der Waals surface area contributed by atoms with Gasteiger partial charge in [0.05, 0.1) is 19.7 Å². The van der Waals surface area contributed by atoms with Crippen molar-refractivity contribution in [1.29, 1.82) is 0 Å². The van der Waals surface area contributed by atoms with Crippen LogP contribution in [0.4, 0.5) is 17.6 Å². The molecule has 0 N–H and O–H groups in total. The summed E-state index contributed by atoms with van der Waals surface area (Å²) in [4.78, 5) is 16.8. The fraction of sp³-hybridized carbons (Fsp3) is 0.179. The predicted octanol–water partition coefficient (Wildman–Crippen LogP) is 6.72. The van der Waals surface area contributed by atoms with Crippen LogP contribution in [0.5, 0.6) is 23.0 Å². The molecule has 0 unspecified atom stereocenters. The molecule has 38 heavy (non-hydrogen) atoms. The molecule has 1 aromatic heterocycles. The maximum Gasteiger partial charge on any atom is 0.165 e. The summed E-state index contributed by atoms with van der Waals surface area (Å²) in [6.07, 6.45) is 0.500. The number of fused-ring (bicyclic) bond motifs is 1. The van der Waals surface area contributed by atoms with Gasteiger partial charge >= 0.3 is 0 Å². The zero-order valence-corrected chi connectivity index (χ0v) is 21.1. The fourth-order valence-corrected chi connectivity index (χ4v) is 4.20. The lowest BCUT2D eigenvalue weighted by Crippen LogP contribution is -2.13. The molecule has 0 spiro atoms. The Bertz CT molecular complexity index is 1540. The lowest BCUT2D eigenvalue weighted by molar-refractivity contribution is -0.117. The van der Waals surface area contributed by atoms with E-state index >= 15 is 0 Å². The Morgan fingerprint density at radius 2 is 1.55 bits per heavy atom. The first-order valence-electron chi connectivity index (χ1n) is 11.3. The van der Waals surface area contributed by atoms with Crippen molar-refractivity contribution in [2.75, 3.05) is 14.2 Å². The number of ether oxygens (including phenoxy) is 3. The van der Waals surface area contributed by atoms with Crippen LogP contribution in [0, 0.1) is 23.3 Å². The van der Waals surface area contributed by atoms with E-state index in [2.05, 4.69) is 4.98 Å². The maximum absolute atomic E-state index is 14.9. The van der Waals surface area contributed by atoms with Crippen molar-refractivity contribution in [3.05, 3.63) is 89.1 Å². The molecular formula is C28H21F4NO4S. The van der Waals surface area contributed by atoms with E-state index in [-0.39, 0.29) is 29.0 Å². The van der Waals surface area contributed by atoms with E-state index in [0.29, 0.717) is 34.2 Å². The number of halogens is 4. The van der Waals surface area contributed by atoms with Gasteiger partial charge in [0.15, 0.2) is 23.1 Å². The van der Waals surface area contributed by atoms with E-state index in [9.17, 15) is 22.4 Å². The van der Waals surface area contributed by atoms with Crippen LogP contribution in [0.1, 0.15) is 17.5 Å². The average molecular weight is 544 g/mol. The molecule has 0 saturated carbocycles. The Morgan fingerprint density at radius 1 is 0.842 bits per heavy atom. The Morgan fingerprint density at radius 3 is 2.26 bits per heavy atom. The molecule has 196 valence electrons. The lowest BCUT2D eigenvalue weighted by Gasteiger charge is -2.13. The molecule has 0 fully saturated rings. The number of carbonyl (C=O) groups excluding carboxylic acids is 1. The largest absolute Gasteiger partial charge is 0.493 e. The van der Waals surface area contributed by atoms with E-state index in [1.54, 1.807) is 30.5 Å². The van der Waals surface area contributed by atoms with Gasteiger partial charge in [0.25, 0.3) is 0 Å². The van der Waals surface area contributed by atoms with Crippen LogP contribution in [-0.2, 0) is 17.6 Å². The van der Waals surface area contributed by atoms with Gasteiger partial charge in [-0.1, -0.05) is 18.3 Å². The minimum atomic E-state index is -1.41. The third kappa shape index (κ3) is 5.91. The summed E-state index contributed by atoms with van der Waals surface area (Å²) in [5.74, 6) is -3.30. The van der Waals surface area contributed by atoms with Crippen molar-refractivity contribution in [3.63, 3.8) is 0 Å². The van der Waals surface area contributed by atoms with Gasteiger partial charge in [-0.3, -0.25) is 9.78 Å². The quantitative estimate of drug-likeness (QED) is 0.126. The summed E-state index contributed by atoms with van der Waals surface area (Å²) in [6, 6.07) is 10.6. The number of benzene rings is 3. The SMILES string of the molecule is COc1cc2nccc(Oc3ccc(CC(=S)CC(=O)Cc4c(F)ccc(F)c4F)c(F)c3)c2cc1OC. The third-order valence-electron chi connectivity index (χ3n) is 5.75. The van der Waals surface area contributed by atoms with Crippen LogP contribution in [-0.4, -0.2) is 29.9 Å². The smallest absolute Gasteiger partial charge is 0.165 e. The number of aromatic nitrogens is 1. The highest BCUT2D eigenvalue weighted by Gasteiger charge is 2.19. The molecule has 0 atom stereocenters. The molecule has 10 heteroatoms. The summed E-state index contributed by atoms with van der Waals surface area (Å²) in [6.45, 7) is 0. The van der Waals surface area contributed by atoms with Gasteiger partial charge in [-0.25, -0.2) is 17.6 Å². The van der Waals surface area contributed by atoms with Gasteiger partial charge in [-0.05, 0) is 35.9 Å². The van der Waals surface area contributed by atoms with Crippen molar-refractivity contribution >= 4 is 33.8 Å². The molecule has 3 aromatic carbocycles. The van der Waals surface area contributed by atoms with Crippen molar-refractivity contribution in [3.8, 4) is 23.0 Å². The second kappa shape index (κ2) is 11.6. The van der Waals surface area contributed by atoms with E-state index in [4.69, 9.17) is 26.4 Å². The predicted molar refractivity (Wildman–Crippen MR) is 137 cm³/mol.